The summed E-state index contributed by atoms with van der Waals surface area (Å²) in [6.45, 7) is 7.49. The fourth-order valence-electron chi connectivity index (χ4n) is 4.23. The van der Waals surface area contributed by atoms with Gasteiger partial charge in [-0.15, -0.1) is 0 Å². The number of ether oxygens (including phenoxy) is 1. The zero-order valence-corrected chi connectivity index (χ0v) is 21.3. The molecule has 0 aromatic heterocycles. The summed E-state index contributed by atoms with van der Waals surface area (Å²) in [7, 11) is -1.90. The average Bonchev–Trinajstić information content (AvgIpc) is 2.81. The minimum Gasteiger partial charge on any atom is -0.490 e. The summed E-state index contributed by atoms with van der Waals surface area (Å²) >= 11 is 0. The van der Waals surface area contributed by atoms with E-state index in [0.717, 1.165) is 47.1 Å². The van der Waals surface area contributed by atoms with Crippen LogP contribution in [0, 0.1) is 6.92 Å². The van der Waals surface area contributed by atoms with Gasteiger partial charge in [0.05, 0.1) is 4.90 Å². The highest BCUT2D eigenvalue weighted by atomic mass is 32.2. The third-order valence-electron chi connectivity index (χ3n) is 6.53. The quantitative estimate of drug-likeness (QED) is 0.545. The van der Waals surface area contributed by atoms with Gasteiger partial charge in [-0.3, -0.25) is 4.79 Å². The van der Waals surface area contributed by atoms with Crippen molar-refractivity contribution in [1.82, 2.24) is 9.21 Å². The Labute approximate surface area is 203 Å². The minimum atomic E-state index is -4.00. The number of carboxylic acid groups (broad SMARTS) is 1. The highest BCUT2D eigenvalue weighted by Crippen LogP contribution is 2.26. The van der Waals surface area contributed by atoms with Gasteiger partial charge in [0.1, 0.15) is 17.9 Å². The SMILES string of the molecule is CCC(C)N([C@@H](Cc1ccc(OC2CCN(C)CC2)cc1)C(=O)O)S(=O)(=O)c1ccc(C)cc1. The molecule has 186 valence electrons. The number of benzene rings is 2. The first-order chi connectivity index (χ1) is 16.1. The van der Waals surface area contributed by atoms with Crippen LogP contribution in [0.15, 0.2) is 53.4 Å². The van der Waals surface area contributed by atoms with Gasteiger partial charge in [0.15, 0.2) is 0 Å². The van der Waals surface area contributed by atoms with Crippen molar-refractivity contribution in [3.63, 3.8) is 0 Å². The van der Waals surface area contributed by atoms with E-state index in [1.54, 1.807) is 19.1 Å². The molecule has 2 atom stereocenters. The van der Waals surface area contributed by atoms with Crippen LogP contribution in [0.25, 0.3) is 0 Å². The Kier molecular flexibility index (Phi) is 8.73. The molecule has 1 heterocycles. The number of hydrogen-bond donors (Lipinski definition) is 1. The molecule has 8 heteroatoms. The Morgan fingerprint density at radius 3 is 2.24 bits per heavy atom. The summed E-state index contributed by atoms with van der Waals surface area (Å²) in [4.78, 5) is 14.7. The molecule has 2 aromatic rings. The van der Waals surface area contributed by atoms with E-state index in [4.69, 9.17) is 4.74 Å². The fourth-order valence-corrected chi connectivity index (χ4v) is 6.08. The lowest BCUT2D eigenvalue weighted by Crippen LogP contribution is -2.50. The molecule has 1 N–H and O–H groups in total. The Balaban J connectivity index is 1.81. The van der Waals surface area contributed by atoms with Crippen LogP contribution < -0.4 is 4.74 Å². The molecule has 7 nitrogen and oxygen atoms in total. The van der Waals surface area contributed by atoms with E-state index in [0.29, 0.717) is 6.42 Å². The monoisotopic (exact) mass is 488 g/mol. The summed E-state index contributed by atoms with van der Waals surface area (Å²) in [6.07, 6.45) is 2.69. The maximum absolute atomic E-state index is 13.5. The van der Waals surface area contributed by atoms with Crippen molar-refractivity contribution in [1.29, 1.82) is 0 Å². The number of hydrogen-bond acceptors (Lipinski definition) is 5. The zero-order valence-electron chi connectivity index (χ0n) is 20.5. The number of likely N-dealkylation sites (tertiary alicyclic amines) is 1. The first-order valence-corrected chi connectivity index (χ1v) is 13.3. The van der Waals surface area contributed by atoms with Crippen molar-refractivity contribution in [3.8, 4) is 5.75 Å². The number of rotatable bonds is 10. The molecule has 0 aliphatic carbocycles. The van der Waals surface area contributed by atoms with Gasteiger partial charge in [0.2, 0.25) is 10.0 Å². The van der Waals surface area contributed by atoms with Crippen molar-refractivity contribution in [2.24, 2.45) is 0 Å². The molecular formula is C26H36N2O5S. The molecule has 2 aromatic carbocycles. The van der Waals surface area contributed by atoms with Crippen LogP contribution in [0.2, 0.25) is 0 Å². The number of aliphatic carboxylic acids is 1. The highest BCUT2D eigenvalue weighted by Gasteiger charge is 2.38. The number of carbonyl (C=O) groups is 1. The summed E-state index contributed by atoms with van der Waals surface area (Å²) in [5.41, 5.74) is 1.68. The minimum absolute atomic E-state index is 0.0687. The Morgan fingerprint density at radius 1 is 1.12 bits per heavy atom. The fraction of sp³-hybridized carbons (Fsp3) is 0.500. The topological polar surface area (TPSA) is 87.2 Å². The second kappa shape index (κ2) is 11.3. The van der Waals surface area contributed by atoms with Gasteiger partial charge in [-0.2, -0.15) is 4.31 Å². The van der Waals surface area contributed by atoms with E-state index in [1.165, 1.54) is 12.1 Å². The molecule has 1 aliphatic heterocycles. The van der Waals surface area contributed by atoms with Crippen LogP contribution in [-0.2, 0) is 21.2 Å². The first kappa shape index (κ1) is 26.2. The molecule has 0 spiro atoms. The lowest BCUT2D eigenvalue weighted by atomic mass is 10.0. The van der Waals surface area contributed by atoms with Crippen molar-refractivity contribution in [2.45, 2.75) is 69.5 Å². The van der Waals surface area contributed by atoms with Crippen LogP contribution in [0.1, 0.15) is 44.2 Å². The number of carboxylic acids is 1. The Hall–Kier alpha value is -2.42. The standard InChI is InChI=1S/C26H36N2O5S/c1-5-20(3)28(34(31,32)24-12-6-19(2)7-13-24)25(26(29)30)18-21-8-10-22(11-9-21)33-23-14-16-27(4)17-15-23/h6-13,20,23,25H,5,14-18H2,1-4H3,(H,29,30)/t20?,25-/m0/s1. The maximum atomic E-state index is 13.5. The third kappa shape index (κ3) is 6.37. The van der Waals surface area contributed by atoms with E-state index in [-0.39, 0.29) is 17.4 Å². The van der Waals surface area contributed by atoms with Crippen molar-refractivity contribution >= 4 is 16.0 Å². The second-order valence-corrected chi connectivity index (χ2v) is 11.1. The van der Waals surface area contributed by atoms with Crippen molar-refractivity contribution < 1.29 is 23.1 Å². The van der Waals surface area contributed by atoms with Gasteiger partial charge >= 0.3 is 5.97 Å². The molecular weight excluding hydrogens is 452 g/mol. The molecule has 1 unspecified atom stereocenters. The van der Waals surface area contributed by atoms with Gasteiger partial charge < -0.3 is 14.7 Å². The lowest BCUT2D eigenvalue weighted by molar-refractivity contribution is -0.142. The lowest BCUT2D eigenvalue weighted by Gasteiger charge is -2.33. The largest absolute Gasteiger partial charge is 0.490 e. The van der Waals surface area contributed by atoms with Crippen molar-refractivity contribution in [3.05, 3.63) is 59.7 Å². The third-order valence-corrected chi connectivity index (χ3v) is 8.57. The smallest absolute Gasteiger partial charge is 0.322 e. The number of piperidine rings is 1. The highest BCUT2D eigenvalue weighted by molar-refractivity contribution is 7.89. The predicted octanol–water partition coefficient (Wildman–Crippen LogP) is 3.95. The molecule has 0 amide bonds. The summed E-state index contributed by atoms with van der Waals surface area (Å²) < 4.78 is 34.3. The van der Waals surface area contributed by atoms with E-state index < -0.39 is 28.1 Å². The van der Waals surface area contributed by atoms with Gasteiger partial charge in [0.25, 0.3) is 0 Å². The summed E-state index contributed by atoms with van der Waals surface area (Å²) in [5, 5.41) is 10.1. The van der Waals surface area contributed by atoms with Crippen LogP contribution in [0.5, 0.6) is 5.75 Å². The number of nitrogens with zero attached hydrogens (tertiary/aromatic N) is 2. The molecule has 3 rings (SSSR count). The summed E-state index contributed by atoms with van der Waals surface area (Å²) in [5.74, 6) is -0.418. The van der Waals surface area contributed by atoms with E-state index in [1.807, 2.05) is 38.1 Å². The molecule has 1 fully saturated rings. The van der Waals surface area contributed by atoms with Gasteiger partial charge in [-0.05, 0) is 76.4 Å². The first-order valence-electron chi connectivity index (χ1n) is 11.9. The number of aryl methyl sites for hydroxylation is 1. The molecule has 0 radical (unpaired) electrons. The predicted molar refractivity (Wildman–Crippen MR) is 133 cm³/mol. The average molecular weight is 489 g/mol. The molecule has 0 bridgehead atoms. The molecule has 34 heavy (non-hydrogen) atoms. The van der Waals surface area contributed by atoms with Crippen LogP contribution in [0.3, 0.4) is 0 Å². The molecule has 1 aliphatic rings. The number of sulfonamides is 1. The van der Waals surface area contributed by atoms with Gasteiger partial charge in [0, 0.05) is 19.1 Å². The van der Waals surface area contributed by atoms with E-state index in [9.17, 15) is 18.3 Å². The van der Waals surface area contributed by atoms with E-state index in [2.05, 4.69) is 11.9 Å². The van der Waals surface area contributed by atoms with Gasteiger partial charge in [-0.1, -0.05) is 36.8 Å². The Bertz CT molecular complexity index is 1050. The Morgan fingerprint density at radius 2 is 1.71 bits per heavy atom. The van der Waals surface area contributed by atoms with E-state index >= 15 is 0 Å². The van der Waals surface area contributed by atoms with Crippen LogP contribution in [0.4, 0.5) is 0 Å². The zero-order chi connectivity index (χ0) is 24.9. The molecule has 1 saturated heterocycles. The van der Waals surface area contributed by atoms with Crippen LogP contribution >= 0.6 is 0 Å². The van der Waals surface area contributed by atoms with Crippen LogP contribution in [-0.4, -0.2) is 67.0 Å². The summed E-state index contributed by atoms with van der Waals surface area (Å²) in [6, 6.07) is 12.2. The van der Waals surface area contributed by atoms with Crippen molar-refractivity contribution in [2.75, 3.05) is 20.1 Å². The van der Waals surface area contributed by atoms with Gasteiger partial charge in [-0.25, -0.2) is 8.42 Å². The second-order valence-electron chi connectivity index (χ2n) is 9.23. The molecule has 0 saturated carbocycles. The normalized spacial score (nSPS) is 17.4. The maximum Gasteiger partial charge on any atom is 0.322 e.